The fourth-order valence-corrected chi connectivity index (χ4v) is 18.3. The van der Waals surface area contributed by atoms with Crippen LogP contribution in [0.5, 0.6) is 0 Å². The average molecular weight is 1960 g/mol. The van der Waals surface area contributed by atoms with E-state index in [4.69, 9.17) is 20.4 Å². The molecule has 0 spiro atoms. The van der Waals surface area contributed by atoms with Gasteiger partial charge in [-0.2, -0.15) is 13.2 Å². The average Bonchev–Trinajstić information content (AvgIpc) is 1.68. The van der Waals surface area contributed by atoms with Crippen molar-refractivity contribution in [3.63, 3.8) is 0 Å². The number of benzene rings is 4. The molecule has 0 fully saturated rings. The summed E-state index contributed by atoms with van der Waals surface area (Å²) >= 11 is 13.5. The summed E-state index contributed by atoms with van der Waals surface area (Å²) in [6.45, 7) is 4.60. The van der Waals surface area contributed by atoms with Gasteiger partial charge in [-0.1, -0.05) is 174 Å². The molecule has 0 saturated heterocycles. The zero-order valence-electron chi connectivity index (χ0n) is 73.3. The number of hydrogen-bond acceptors (Lipinski definition) is 26. The lowest BCUT2D eigenvalue weighted by Gasteiger charge is -2.12. The molecule has 0 aliphatic rings. The lowest BCUT2D eigenvalue weighted by Crippen LogP contribution is -2.07. The molecule has 0 saturated carbocycles. The van der Waals surface area contributed by atoms with Gasteiger partial charge in [0.05, 0.1) is 51.0 Å². The zero-order valence-corrected chi connectivity index (χ0v) is 78.2. The Bertz CT molecular complexity index is 7130. The van der Waals surface area contributed by atoms with Crippen LogP contribution < -0.4 is 0 Å². The van der Waals surface area contributed by atoms with Gasteiger partial charge in [-0.15, -0.1) is 51.0 Å². The number of hydrogen-bond donors (Lipinski definition) is 0. The summed E-state index contributed by atoms with van der Waals surface area (Å²) in [7, 11) is 0. The van der Waals surface area contributed by atoms with Crippen molar-refractivity contribution in [2.45, 2.75) is 107 Å². The first kappa shape index (κ1) is 96.2. The fourth-order valence-electron chi connectivity index (χ4n) is 13.5. The van der Waals surface area contributed by atoms with E-state index in [1.54, 1.807) is 128 Å². The summed E-state index contributed by atoms with van der Waals surface area (Å²) in [5.74, 6) is 7.32. The van der Waals surface area contributed by atoms with Crippen LogP contribution in [-0.2, 0) is 74.1 Å². The van der Waals surface area contributed by atoms with Crippen LogP contribution in [-0.4, -0.2) is 119 Å². The highest BCUT2D eigenvalue weighted by Gasteiger charge is 2.32. The summed E-state index contributed by atoms with van der Waals surface area (Å²) in [6, 6.07) is 75.7. The van der Waals surface area contributed by atoms with Gasteiger partial charge < -0.3 is 8.83 Å². The molecule has 692 valence electrons. The minimum absolute atomic E-state index is 0.0165. The van der Waals surface area contributed by atoms with Gasteiger partial charge in [-0.25, -0.2) is 13.2 Å². The molecule has 4 aromatic carbocycles. The van der Waals surface area contributed by atoms with E-state index in [0.29, 0.717) is 89.6 Å². The maximum Gasteiger partial charge on any atom is 0.416 e. The zero-order chi connectivity index (χ0) is 95.0. The SMILES string of the molecule is Cc1ccc(Cn2c(SCc3cccnc3)nnc2-c2ccccn2)o1.FC(F)(F)c1ccc(Cl)c(CSc2nnc(-c3ccccn3)n2Cc2cccnc2)c1.Fc1ccc(CSc2nnc(-c3ccccn3)n2Cc2cccnc2)cc1.Fc1cccc(F)c1CSc1nnc(-c2ccccn2)n1Cc1cccnc1.c1ccc(CSc2nnc(Cc3ccccn3)n2Cc2ccco2)cc1. The van der Waals surface area contributed by atoms with Crippen molar-refractivity contribution in [3.05, 3.63) is 443 Å². The van der Waals surface area contributed by atoms with E-state index in [9.17, 15) is 26.3 Å². The molecule has 0 unspecified atom stereocenters. The summed E-state index contributed by atoms with van der Waals surface area (Å²) < 4.78 is 101. The Balaban J connectivity index is 0.000000125. The van der Waals surface area contributed by atoms with Gasteiger partial charge in [0.25, 0.3) is 0 Å². The number of aryl methyl sites for hydroxylation is 1. The molecule has 0 bridgehead atoms. The summed E-state index contributed by atoms with van der Waals surface area (Å²) in [4.78, 5) is 38.5. The Hall–Kier alpha value is -14.9. The number of nitrogens with zero attached hydrogens (tertiary/aromatic N) is 24. The lowest BCUT2D eigenvalue weighted by atomic mass is 10.1. The Kier molecular flexibility index (Phi) is 33.8. The topological polar surface area (TPSA) is 296 Å². The van der Waals surface area contributed by atoms with Gasteiger partial charge in [-0.3, -0.25) is 67.7 Å². The molecular weight excluding hydrogens is 1880 g/mol. The van der Waals surface area contributed by atoms with E-state index in [1.807, 2.05) is 195 Å². The van der Waals surface area contributed by atoms with Crippen LogP contribution in [0.25, 0.3) is 46.1 Å². The van der Waals surface area contributed by atoms with Crippen molar-refractivity contribution in [2.75, 3.05) is 0 Å². The molecule has 38 heteroatoms. The minimum Gasteiger partial charge on any atom is -0.467 e. The van der Waals surface area contributed by atoms with E-state index in [0.717, 1.165) is 113 Å². The van der Waals surface area contributed by atoms with Crippen molar-refractivity contribution in [1.82, 2.24) is 119 Å². The lowest BCUT2D eigenvalue weighted by molar-refractivity contribution is -0.137. The summed E-state index contributed by atoms with van der Waals surface area (Å²) in [5.41, 5.74) is 9.85. The third-order valence-corrected chi connectivity index (χ3v) is 25.7. The molecule has 16 aromatic heterocycles. The number of rotatable bonds is 31. The first-order chi connectivity index (χ1) is 67.6. The molecule has 20 rings (SSSR count). The highest BCUT2D eigenvalue weighted by molar-refractivity contribution is 7.99. The van der Waals surface area contributed by atoms with Gasteiger partial charge >= 0.3 is 6.18 Å². The maximum absolute atomic E-state index is 14.0. The predicted octanol–water partition coefficient (Wildman–Crippen LogP) is 22.5. The highest BCUT2D eigenvalue weighted by atomic mass is 35.5. The van der Waals surface area contributed by atoms with Gasteiger partial charge in [0, 0.05) is 126 Å². The molecule has 0 aliphatic carbocycles. The van der Waals surface area contributed by atoms with E-state index < -0.39 is 23.4 Å². The molecular formula is C100H81ClF6N24O2S5. The van der Waals surface area contributed by atoms with Crippen LogP contribution in [0, 0.1) is 24.4 Å². The molecule has 138 heavy (non-hydrogen) atoms. The number of alkyl halides is 3. The van der Waals surface area contributed by atoms with E-state index in [1.165, 1.54) is 65.5 Å². The second-order valence-corrected chi connectivity index (χ2v) is 35.1. The number of halogens is 7. The van der Waals surface area contributed by atoms with E-state index >= 15 is 0 Å². The molecule has 0 aliphatic heterocycles. The number of pyridine rings is 9. The Morgan fingerprint density at radius 3 is 1.17 bits per heavy atom. The quantitative estimate of drug-likeness (QED) is 0.0288. The molecule has 0 N–H and O–H groups in total. The number of thioether (sulfide) groups is 5. The Morgan fingerprint density at radius 2 is 0.746 bits per heavy atom. The van der Waals surface area contributed by atoms with Crippen LogP contribution in [0.3, 0.4) is 0 Å². The Labute approximate surface area is 814 Å². The van der Waals surface area contributed by atoms with E-state index in [2.05, 4.69) is 131 Å². The normalized spacial score (nSPS) is 11.1. The summed E-state index contributed by atoms with van der Waals surface area (Å²) in [6.07, 6.45) is 20.6. The molecule has 26 nitrogen and oxygen atoms in total. The highest BCUT2D eigenvalue weighted by Crippen LogP contribution is 2.37. The monoisotopic (exact) mass is 1960 g/mol. The largest absolute Gasteiger partial charge is 0.467 e. The minimum atomic E-state index is -4.43. The van der Waals surface area contributed by atoms with Gasteiger partial charge in [0.15, 0.2) is 49.1 Å². The first-order valence-corrected chi connectivity index (χ1v) is 48.0. The number of aromatic nitrogens is 24. The third kappa shape index (κ3) is 27.1. The summed E-state index contributed by atoms with van der Waals surface area (Å²) in [5, 5.41) is 47.2. The van der Waals surface area contributed by atoms with Gasteiger partial charge in [0.2, 0.25) is 0 Å². The van der Waals surface area contributed by atoms with Crippen molar-refractivity contribution >= 4 is 70.4 Å². The smallest absolute Gasteiger partial charge is 0.416 e. The van der Waals surface area contributed by atoms with Crippen LogP contribution in [0.1, 0.15) is 78.9 Å². The first-order valence-electron chi connectivity index (χ1n) is 42.7. The van der Waals surface area contributed by atoms with Crippen LogP contribution >= 0.6 is 70.4 Å². The van der Waals surface area contributed by atoms with Crippen LogP contribution in [0.4, 0.5) is 26.3 Å². The molecule has 0 amide bonds. The van der Waals surface area contributed by atoms with E-state index in [-0.39, 0.29) is 27.9 Å². The van der Waals surface area contributed by atoms with Gasteiger partial charge in [-0.05, 0) is 198 Å². The van der Waals surface area contributed by atoms with Crippen molar-refractivity contribution in [1.29, 1.82) is 0 Å². The number of furan rings is 2. The van der Waals surface area contributed by atoms with Crippen molar-refractivity contribution < 1.29 is 35.2 Å². The molecule has 20 aromatic rings. The molecule has 0 atom stereocenters. The van der Waals surface area contributed by atoms with Crippen molar-refractivity contribution in [3.8, 4) is 46.1 Å². The van der Waals surface area contributed by atoms with Crippen molar-refractivity contribution in [2.24, 2.45) is 0 Å². The molecule has 0 radical (unpaired) electrons. The van der Waals surface area contributed by atoms with Gasteiger partial charge in [0.1, 0.15) is 63.3 Å². The fraction of sp³-hybridized carbons (Fsp3) is 0.130. The van der Waals surface area contributed by atoms with Crippen LogP contribution in [0.2, 0.25) is 5.02 Å². The second-order valence-electron chi connectivity index (χ2n) is 30.0. The molecule has 16 heterocycles. The standard InChI is InChI=1S/C21H15ClF3N5S.C20H15F2N5S.C20H16FN5S.C20H18N4OS.C19H17N5OS/c22-17-7-6-16(21(23,24)25)10-15(17)13-31-20-29-28-19(18-5-1-2-9-27-18)30(20)12-14-4-3-8-26-11-14;21-16-6-3-7-17(22)15(16)13-28-20-26-25-19(18-8-1-2-10-24-18)27(20)12-14-5-4-9-23-11-14;21-17-8-6-15(7-9-17)14-27-20-25-24-19(18-5-1-2-11-23-18)26(20)13-16-4-3-10-22-12-16;1-2-7-16(8-3-1)15-26-20-23-22-19(13-17-9-4-5-11-21-17)24(20)14-18-10-6-12-25-18;1-14-7-8-16(25-14)12-24-18(17-6-2-3-10-21-17)22-23-19(24)26-13-15-5-4-9-20-11-15/h1-11H,12-13H2;1-11H,12-13H2;1-12H,13-14H2;1-12H,13-15H2;2-11H,12-13H2,1H3. The third-order valence-electron chi connectivity index (χ3n) is 20.2. The predicted molar refractivity (Wildman–Crippen MR) is 518 cm³/mol. The Morgan fingerprint density at radius 1 is 0.333 bits per heavy atom. The van der Waals surface area contributed by atoms with Crippen LogP contribution in [0.15, 0.2) is 376 Å². The maximum atomic E-state index is 14.0. The second kappa shape index (κ2) is 48.5.